The standard InChI is InChI=1S/C10H8N2OS/c13-9(7-4-2-1-3-5-7)8-6-11-10(14)12-8/h1-6H,(H2,11,12,14). The molecule has 0 amide bonds. The summed E-state index contributed by atoms with van der Waals surface area (Å²) < 4.78 is 0.462. The van der Waals surface area contributed by atoms with Crippen LogP contribution in [-0.2, 0) is 0 Å². The van der Waals surface area contributed by atoms with Gasteiger partial charge >= 0.3 is 0 Å². The van der Waals surface area contributed by atoms with Gasteiger partial charge in [0.25, 0.3) is 0 Å². The molecule has 4 heteroatoms. The Morgan fingerprint density at radius 1 is 1.21 bits per heavy atom. The fourth-order valence-corrected chi connectivity index (χ4v) is 1.37. The van der Waals surface area contributed by atoms with Crippen molar-refractivity contribution in [2.45, 2.75) is 0 Å². The molecule has 0 bridgehead atoms. The quantitative estimate of drug-likeness (QED) is 0.582. The zero-order valence-electron chi connectivity index (χ0n) is 7.28. The number of rotatable bonds is 2. The number of nitrogens with one attached hydrogen (secondary N) is 2. The first-order valence-electron chi connectivity index (χ1n) is 4.15. The second-order valence-corrected chi connectivity index (χ2v) is 3.26. The monoisotopic (exact) mass is 204 g/mol. The molecule has 1 aromatic carbocycles. The van der Waals surface area contributed by atoms with Crippen LogP contribution in [0.15, 0.2) is 36.5 Å². The molecule has 2 N–H and O–H groups in total. The lowest BCUT2D eigenvalue weighted by Crippen LogP contribution is -2.00. The summed E-state index contributed by atoms with van der Waals surface area (Å²) in [6, 6.07) is 9.07. The summed E-state index contributed by atoms with van der Waals surface area (Å²) in [6.45, 7) is 0. The van der Waals surface area contributed by atoms with Crippen LogP contribution < -0.4 is 0 Å². The molecule has 0 aliphatic carbocycles. The van der Waals surface area contributed by atoms with Crippen molar-refractivity contribution in [3.05, 3.63) is 52.6 Å². The van der Waals surface area contributed by atoms with Crippen LogP contribution in [0.2, 0.25) is 0 Å². The minimum Gasteiger partial charge on any atom is -0.337 e. The second kappa shape index (κ2) is 3.59. The summed E-state index contributed by atoms with van der Waals surface area (Å²) in [5.41, 5.74) is 1.14. The molecule has 0 fully saturated rings. The van der Waals surface area contributed by atoms with Gasteiger partial charge in [-0.15, -0.1) is 0 Å². The molecule has 1 heterocycles. The normalized spacial score (nSPS) is 10.0. The lowest BCUT2D eigenvalue weighted by molar-refractivity contribution is 0.103. The molecule has 0 radical (unpaired) electrons. The minimum absolute atomic E-state index is 0.0575. The van der Waals surface area contributed by atoms with Crippen LogP contribution in [0, 0.1) is 4.77 Å². The third-order valence-electron chi connectivity index (χ3n) is 1.88. The first-order valence-corrected chi connectivity index (χ1v) is 4.55. The zero-order valence-corrected chi connectivity index (χ0v) is 8.10. The number of hydrogen-bond acceptors (Lipinski definition) is 2. The Hall–Kier alpha value is -1.68. The van der Waals surface area contributed by atoms with E-state index in [1.807, 2.05) is 18.2 Å². The van der Waals surface area contributed by atoms with Crippen molar-refractivity contribution in [2.24, 2.45) is 0 Å². The lowest BCUT2D eigenvalue weighted by Gasteiger charge is -1.95. The maximum Gasteiger partial charge on any atom is 0.210 e. The number of carbonyl (C=O) groups is 1. The van der Waals surface area contributed by atoms with E-state index in [1.165, 1.54) is 0 Å². The first-order chi connectivity index (χ1) is 6.77. The van der Waals surface area contributed by atoms with Crippen molar-refractivity contribution < 1.29 is 4.79 Å². The Balaban J connectivity index is 2.38. The van der Waals surface area contributed by atoms with Crippen molar-refractivity contribution in [3.63, 3.8) is 0 Å². The number of benzene rings is 1. The Kier molecular flexibility index (Phi) is 2.28. The van der Waals surface area contributed by atoms with Crippen molar-refractivity contribution in [2.75, 3.05) is 0 Å². The van der Waals surface area contributed by atoms with Gasteiger partial charge in [0.05, 0.1) is 0 Å². The van der Waals surface area contributed by atoms with Gasteiger partial charge in [-0.05, 0) is 12.2 Å². The van der Waals surface area contributed by atoms with Crippen LogP contribution in [0.3, 0.4) is 0 Å². The van der Waals surface area contributed by atoms with Crippen molar-refractivity contribution in [1.29, 1.82) is 0 Å². The molecule has 3 nitrogen and oxygen atoms in total. The number of ketones is 1. The molecule has 70 valence electrons. The highest BCUT2D eigenvalue weighted by atomic mass is 32.1. The molecular formula is C10H8N2OS. The van der Waals surface area contributed by atoms with Crippen LogP contribution >= 0.6 is 12.2 Å². The largest absolute Gasteiger partial charge is 0.337 e. The number of carbonyl (C=O) groups excluding carboxylic acids is 1. The van der Waals surface area contributed by atoms with E-state index in [4.69, 9.17) is 12.2 Å². The molecule has 0 aliphatic heterocycles. The summed E-state index contributed by atoms with van der Waals surface area (Å²) in [7, 11) is 0. The van der Waals surface area contributed by atoms with E-state index in [2.05, 4.69) is 9.97 Å². The van der Waals surface area contributed by atoms with Gasteiger partial charge in [0.2, 0.25) is 5.78 Å². The fraction of sp³-hybridized carbons (Fsp3) is 0. The van der Waals surface area contributed by atoms with Crippen LogP contribution in [0.1, 0.15) is 16.1 Å². The first kappa shape index (κ1) is 8.90. The predicted molar refractivity (Wildman–Crippen MR) is 55.9 cm³/mol. The Labute approximate surface area is 85.8 Å². The van der Waals surface area contributed by atoms with E-state index < -0.39 is 0 Å². The second-order valence-electron chi connectivity index (χ2n) is 2.85. The molecule has 0 saturated heterocycles. The highest BCUT2D eigenvalue weighted by Crippen LogP contribution is 2.06. The predicted octanol–water partition coefficient (Wildman–Crippen LogP) is 2.30. The van der Waals surface area contributed by atoms with E-state index >= 15 is 0 Å². The van der Waals surface area contributed by atoms with Gasteiger partial charge in [-0.25, -0.2) is 0 Å². The number of aromatic nitrogens is 2. The van der Waals surface area contributed by atoms with E-state index in [0.29, 0.717) is 16.0 Å². The Bertz CT molecular complexity index is 498. The number of imidazole rings is 1. The van der Waals surface area contributed by atoms with Crippen LogP contribution in [0.4, 0.5) is 0 Å². The maximum absolute atomic E-state index is 11.8. The lowest BCUT2D eigenvalue weighted by atomic mass is 10.1. The Morgan fingerprint density at radius 3 is 2.50 bits per heavy atom. The highest BCUT2D eigenvalue weighted by molar-refractivity contribution is 7.71. The molecule has 14 heavy (non-hydrogen) atoms. The summed E-state index contributed by atoms with van der Waals surface area (Å²) in [5, 5.41) is 0. The van der Waals surface area contributed by atoms with E-state index in [9.17, 15) is 4.79 Å². The minimum atomic E-state index is -0.0575. The number of hydrogen-bond donors (Lipinski definition) is 2. The molecule has 0 atom stereocenters. The zero-order chi connectivity index (χ0) is 9.97. The van der Waals surface area contributed by atoms with Gasteiger partial charge in [-0.2, -0.15) is 0 Å². The van der Waals surface area contributed by atoms with Crippen LogP contribution in [-0.4, -0.2) is 15.8 Å². The average Bonchev–Trinajstić information content (AvgIpc) is 2.65. The summed E-state index contributed by atoms with van der Waals surface area (Å²) in [5.74, 6) is -0.0575. The molecule has 0 aliphatic rings. The fourth-order valence-electron chi connectivity index (χ4n) is 1.20. The molecular weight excluding hydrogens is 196 g/mol. The van der Waals surface area contributed by atoms with Gasteiger partial charge < -0.3 is 9.97 Å². The molecule has 0 saturated carbocycles. The molecule has 1 aromatic heterocycles. The van der Waals surface area contributed by atoms with Crippen LogP contribution in [0.5, 0.6) is 0 Å². The summed E-state index contributed by atoms with van der Waals surface area (Å²) >= 11 is 4.84. The van der Waals surface area contributed by atoms with Gasteiger partial charge in [0, 0.05) is 11.8 Å². The third-order valence-corrected chi connectivity index (χ3v) is 2.10. The maximum atomic E-state index is 11.8. The van der Waals surface area contributed by atoms with Gasteiger partial charge in [0.15, 0.2) is 4.77 Å². The van der Waals surface area contributed by atoms with E-state index in [-0.39, 0.29) is 5.78 Å². The highest BCUT2D eigenvalue weighted by Gasteiger charge is 2.08. The third kappa shape index (κ3) is 1.65. The number of H-pyrrole nitrogens is 2. The summed E-state index contributed by atoms with van der Waals surface area (Å²) in [4.78, 5) is 17.3. The molecule has 2 aromatic rings. The van der Waals surface area contributed by atoms with Crippen molar-refractivity contribution in [1.82, 2.24) is 9.97 Å². The van der Waals surface area contributed by atoms with Gasteiger partial charge in [-0.3, -0.25) is 4.79 Å². The average molecular weight is 204 g/mol. The Morgan fingerprint density at radius 2 is 1.93 bits per heavy atom. The van der Waals surface area contributed by atoms with Crippen molar-refractivity contribution in [3.8, 4) is 0 Å². The van der Waals surface area contributed by atoms with Gasteiger partial charge in [0.1, 0.15) is 5.69 Å². The van der Waals surface area contributed by atoms with E-state index in [0.717, 1.165) is 0 Å². The molecule has 0 spiro atoms. The van der Waals surface area contributed by atoms with E-state index in [1.54, 1.807) is 18.3 Å². The molecule has 0 unspecified atom stereocenters. The SMILES string of the molecule is O=C(c1ccccc1)c1c[nH]c(=S)[nH]1. The summed E-state index contributed by atoms with van der Waals surface area (Å²) in [6.07, 6.45) is 1.58. The van der Waals surface area contributed by atoms with Crippen molar-refractivity contribution >= 4 is 18.0 Å². The topological polar surface area (TPSA) is 48.6 Å². The smallest absolute Gasteiger partial charge is 0.210 e. The number of aromatic amines is 2. The van der Waals surface area contributed by atoms with Gasteiger partial charge in [-0.1, -0.05) is 30.3 Å². The van der Waals surface area contributed by atoms with Crippen LogP contribution in [0.25, 0.3) is 0 Å². The molecule has 2 rings (SSSR count).